The second-order valence-corrected chi connectivity index (χ2v) is 12.4. The van der Waals surface area contributed by atoms with E-state index in [4.69, 9.17) is 4.74 Å². The molecule has 9 heteroatoms. The fourth-order valence-electron chi connectivity index (χ4n) is 4.74. The number of nitrogens with one attached hydrogen (secondary N) is 1. The van der Waals surface area contributed by atoms with Crippen LogP contribution in [0, 0.1) is 20.8 Å². The number of ether oxygens (including phenoxy) is 1. The zero-order valence-electron chi connectivity index (χ0n) is 25.5. The molecule has 0 bridgehead atoms. The second kappa shape index (κ2) is 14.9. The summed E-state index contributed by atoms with van der Waals surface area (Å²) in [5, 5.41) is 2.96. The Kier molecular flexibility index (Phi) is 11.6. The number of nitrogens with zero attached hydrogens (tertiary/aromatic N) is 2. The Bertz CT molecular complexity index is 1470. The van der Waals surface area contributed by atoms with E-state index >= 15 is 0 Å². The quantitative estimate of drug-likeness (QED) is 0.248. The minimum atomic E-state index is -4.19. The highest BCUT2D eigenvalue weighted by molar-refractivity contribution is 7.92. The number of methoxy groups -OCH3 is 1. The van der Waals surface area contributed by atoms with E-state index < -0.39 is 28.5 Å². The molecule has 0 fully saturated rings. The third kappa shape index (κ3) is 7.91. The van der Waals surface area contributed by atoms with Crippen LogP contribution in [-0.4, -0.2) is 51.4 Å². The Hall–Kier alpha value is -3.85. The number of carbonyl (C=O) groups excluding carboxylic acids is 2. The minimum absolute atomic E-state index is 0.0549. The van der Waals surface area contributed by atoms with Crippen LogP contribution in [0.15, 0.2) is 71.6 Å². The molecule has 0 heterocycles. The van der Waals surface area contributed by atoms with Gasteiger partial charge in [-0.15, -0.1) is 0 Å². The first-order valence-electron chi connectivity index (χ1n) is 14.4. The lowest BCUT2D eigenvalue weighted by atomic mass is 10.1. The number of rotatable bonds is 14. The van der Waals surface area contributed by atoms with Gasteiger partial charge in [0, 0.05) is 13.1 Å². The molecule has 3 rings (SSSR count). The summed E-state index contributed by atoms with van der Waals surface area (Å²) >= 11 is 0. The molecule has 3 aromatic rings. The number of anilines is 1. The van der Waals surface area contributed by atoms with Crippen LogP contribution in [0.4, 0.5) is 5.69 Å². The smallest absolute Gasteiger partial charge is 0.264 e. The molecule has 0 aromatic heterocycles. The van der Waals surface area contributed by atoms with Crippen LogP contribution >= 0.6 is 0 Å². The zero-order chi connectivity index (χ0) is 30.9. The molecule has 2 amide bonds. The largest absolute Gasteiger partial charge is 0.495 e. The second-order valence-electron chi connectivity index (χ2n) is 10.5. The van der Waals surface area contributed by atoms with Gasteiger partial charge in [0.2, 0.25) is 11.8 Å². The topological polar surface area (TPSA) is 96.0 Å². The number of hydrogen-bond acceptors (Lipinski definition) is 5. The number of carbonyl (C=O) groups is 2. The lowest BCUT2D eigenvalue weighted by Crippen LogP contribution is -2.52. The maximum Gasteiger partial charge on any atom is 0.264 e. The van der Waals surface area contributed by atoms with Crippen molar-refractivity contribution in [1.82, 2.24) is 10.2 Å². The van der Waals surface area contributed by atoms with Gasteiger partial charge in [-0.25, -0.2) is 8.42 Å². The van der Waals surface area contributed by atoms with Crippen LogP contribution in [0.5, 0.6) is 5.75 Å². The molecular weight excluding hydrogens is 550 g/mol. The molecule has 42 heavy (non-hydrogen) atoms. The Morgan fingerprint density at radius 3 is 2.21 bits per heavy atom. The lowest BCUT2D eigenvalue weighted by molar-refractivity contribution is -0.140. The summed E-state index contributed by atoms with van der Waals surface area (Å²) in [5.41, 5.74) is 3.82. The maximum atomic E-state index is 14.3. The maximum absolute atomic E-state index is 14.3. The minimum Gasteiger partial charge on any atom is -0.495 e. The normalized spacial score (nSPS) is 12.0. The monoisotopic (exact) mass is 593 g/mol. The molecule has 0 radical (unpaired) electrons. The third-order valence-electron chi connectivity index (χ3n) is 7.31. The number of benzene rings is 3. The van der Waals surface area contributed by atoms with Crippen LogP contribution in [0.25, 0.3) is 0 Å². The highest BCUT2D eigenvalue weighted by Gasteiger charge is 2.35. The molecule has 0 saturated carbocycles. The van der Waals surface area contributed by atoms with Gasteiger partial charge in [0.05, 0.1) is 17.7 Å². The fourth-order valence-corrected chi connectivity index (χ4v) is 6.16. The van der Waals surface area contributed by atoms with Crippen molar-refractivity contribution in [3.63, 3.8) is 0 Å². The van der Waals surface area contributed by atoms with E-state index in [0.717, 1.165) is 39.4 Å². The Labute approximate surface area is 250 Å². The molecule has 3 aromatic carbocycles. The molecule has 0 saturated heterocycles. The summed E-state index contributed by atoms with van der Waals surface area (Å²) in [7, 11) is -2.73. The number of sulfonamides is 1. The first-order chi connectivity index (χ1) is 20.0. The van der Waals surface area contributed by atoms with Gasteiger partial charge in [-0.3, -0.25) is 13.9 Å². The number of unbranched alkanes of at least 4 members (excludes halogenated alkanes) is 1. The average molecular weight is 594 g/mol. The molecular formula is C33H43N3O5S. The van der Waals surface area contributed by atoms with Gasteiger partial charge < -0.3 is 15.0 Å². The molecule has 0 unspecified atom stereocenters. The van der Waals surface area contributed by atoms with E-state index in [1.54, 1.807) is 24.3 Å². The van der Waals surface area contributed by atoms with Gasteiger partial charge in [0.25, 0.3) is 10.0 Å². The van der Waals surface area contributed by atoms with Crippen molar-refractivity contribution in [1.29, 1.82) is 0 Å². The van der Waals surface area contributed by atoms with Crippen LogP contribution in [0.1, 0.15) is 55.4 Å². The Morgan fingerprint density at radius 1 is 0.929 bits per heavy atom. The van der Waals surface area contributed by atoms with E-state index in [1.165, 1.54) is 24.1 Å². The number of hydrogen-bond donors (Lipinski definition) is 1. The van der Waals surface area contributed by atoms with E-state index in [9.17, 15) is 18.0 Å². The van der Waals surface area contributed by atoms with Crippen molar-refractivity contribution in [2.45, 2.75) is 71.4 Å². The highest BCUT2D eigenvalue weighted by Crippen LogP contribution is 2.34. The highest BCUT2D eigenvalue weighted by atomic mass is 32.2. The van der Waals surface area contributed by atoms with Crippen molar-refractivity contribution >= 4 is 27.5 Å². The third-order valence-corrected chi connectivity index (χ3v) is 9.08. The predicted octanol–water partition coefficient (Wildman–Crippen LogP) is 5.54. The Morgan fingerprint density at radius 2 is 1.60 bits per heavy atom. The lowest BCUT2D eigenvalue weighted by Gasteiger charge is -2.34. The standard InChI is InChI=1S/C33H43N3O5S/c1-7-9-20-34-33(38)29(8-2)35(22-27-13-11-10-12-26(27)5)32(37)23-36(30-21-25(4)16-19-31(30)41-6)42(39,40)28-17-14-24(3)15-18-28/h10-19,21,29H,7-9,20,22-23H2,1-6H3,(H,34,38)/t29-/m0/s1. The SMILES string of the molecule is CCCCNC(=O)[C@H](CC)N(Cc1ccccc1C)C(=O)CN(c1cc(C)ccc1OC)S(=O)(=O)c1ccc(C)cc1. The molecule has 0 aliphatic carbocycles. The molecule has 0 aliphatic heterocycles. The van der Waals surface area contributed by atoms with Crippen LogP contribution in [0.3, 0.4) is 0 Å². The van der Waals surface area contributed by atoms with E-state index in [-0.39, 0.29) is 23.0 Å². The predicted molar refractivity (Wildman–Crippen MR) is 167 cm³/mol. The van der Waals surface area contributed by atoms with Gasteiger partial charge >= 0.3 is 0 Å². The summed E-state index contributed by atoms with van der Waals surface area (Å²) in [6.07, 6.45) is 2.12. The van der Waals surface area contributed by atoms with Crippen molar-refractivity contribution in [2.24, 2.45) is 0 Å². The molecule has 226 valence electrons. The summed E-state index contributed by atoms with van der Waals surface area (Å²) in [6, 6.07) is 18.6. The van der Waals surface area contributed by atoms with Gasteiger partial charge in [-0.05, 0) is 74.6 Å². The molecule has 0 spiro atoms. The Balaban J connectivity index is 2.11. The van der Waals surface area contributed by atoms with E-state index in [1.807, 2.05) is 65.0 Å². The van der Waals surface area contributed by atoms with Crippen LogP contribution in [-0.2, 0) is 26.2 Å². The van der Waals surface area contributed by atoms with Gasteiger partial charge in [0.1, 0.15) is 18.3 Å². The van der Waals surface area contributed by atoms with Gasteiger partial charge in [-0.2, -0.15) is 0 Å². The van der Waals surface area contributed by atoms with Gasteiger partial charge in [-0.1, -0.05) is 68.3 Å². The molecule has 1 N–H and O–H groups in total. The number of amides is 2. The van der Waals surface area contributed by atoms with Crippen LogP contribution < -0.4 is 14.4 Å². The van der Waals surface area contributed by atoms with Gasteiger partial charge in [0.15, 0.2) is 0 Å². The van der Waals surface area contributed by atoms with E-state index in [0.29, 0.717) is 18.7 Å². The number of aryl methyl sites for hydroxylation is 3. The van der Waals surface area contributed by atoms with Crippen molar-refractivity contribution in [2.75, 3.05) is 24.5 Å². The average Bonchev–Trinajstić information content (AvgIpc) is 2.97. The first-order valence-corrected chi connectivity index (χ1v) is 15.8. The van der Waals surface area contributed by atoms with Crippen molar-refractivity contribution < 1.29 is 22.7 Å². The van der Waals surface area contributed by atoms with Crippen molar-refractivity contribution in [3.8, 4) is 5.75 Å². The van der Waals surface area contributed by atoms with E-state index in [2.05, 4.69) is 5.32 Å². The zero-order valence-corrected chi connectivity index (χ0v) is 26.3. The first kappa shape index (κ1) is 32.7. The van der Waals surface area contributed by atoms with Crippen molar-refractivity contribution in [3.05, 3.63) is 89.0 Å². The van der Waals surface area contributed by atoms with Crippen LogP contribution in [0.2, 0.25) is 0 Å². The summed E-state index contributed by atoms with van der Waals surface area (Å²) in [5.74, 6) is -0.428. The summed E-state index contributed by atoms with van der Waals surface area (Å²) in [6.45, 7) is 9.72. The molecule has 8 nitrogen and oxygen atoms in total. The summed E-state index contributed by atoms with van der Waals surface area (Å²) in [4.78, 5) is 29.2. The molecule has 1 atom stereocenters. The molecule has 0 aliphatic rings. The summed E-state index contributed by atoms with van der Waals surface area (Å²) < 4.78 is 35.0. The fraction of sp³-hybridized carbons (Fsp3) is 0.394.